The summed E-state index contributed by atoms with van der Waals surface area (Å²) in [5, 5.41) is 0. The lowest BCUT2D eigenvalue weighted by Gasteiger charge is -2.32. The maximum Gasteiger partial charge on any atom is -0.0329 e. The SMILES string of the molecule is CCCCCCC(C)(C)C(C)CCCCC(C)C. The average Bonchev–Trinajstić information content (AvgIpc) is 2.29. The largest absolute Gasteiger partial charge is 0.0654 e. The minimum Gasteiger partial charge on any atom is -0.0654 e. The van der Waals surface area contributed by atoms with Gasteiger partial charge in [-0.15, -0.1) is 0 Å². The second-order valence-corrected chi connectivity index (χ2v) is 7.38. The second kappa shape index (κ2) is 9.87. The fourth-order valence-electron chi connectivity index (χ4n) is 2.65. The maximum atomic E-state index is 2.48. The highest BCUT2D eigenvalue weighted by molar-refractivity contribution is 4.75. The van der Waals surface area contributed by atoms with E-state index in [1.165, 1.54) is 57.8 Å². The molecule has 1 atom stereocenters. The zero-order valence-electron chi connectivity index (χ0n) is 14.0. The first kappa shape index (κ1) is 18.0. The Bertz CT molecular complexity index is 178. The van der Waals surface area contributed by atoms with Crippen LogP contribution in [0.2, 0.25) is 0 Å². The number of hydrogen-bond donors (Lipinski definition) is 0. The van der Waals surface area contributed by atoms with Gasteiger partial charge < -0.3 is 0 Å². The van der Waals surface area contributed by atoms with Gasteiger partial charge in [0.25, 0.3) is 0 Å². The molecule has 0 fully saturated rings. The van der Waals surface area contributed by atoms with Crippen LogP contribution in [-0.4, -0.2) is 0 Å². The molecule has 0 saturated carbocycles. The van der Waals surface area contributed by atoms with Crippen LogP contribution in [0.25, 0.3) is 0 Å². The van der Waals surface area contributed by atoms with E-state index in [1.54, 1.807) is 0 Å². The smallest absolute Gasteiger partial charge is 0.0329 e. The molecule has 0 aliphatic carbocycles. The lowest BCUT2D eigenvalue weighted by Crippen LogP contribution is -2.21. The summed E-state index contributed by atoms with van der Waals surface area (Å²) in [5.41, 5.74) is 0.547. The predicted molar refractivity (Wildman–Crippen MR) is 85.0 cm³/mol. The Balaban J connectivity index is 3.73. The molecule has 0 nitrogen and oxygen atoms in total. The lowest BCUT2D eigenvalue weighted by molar-refractivity contribution is 0.189. The van der Waals surface area contributed by atoms with E-state index in [0.29, 0.717) is 5.41 Å². The molecule has 0 heteroatoms. The minimum absolute atomic E-state index is 0.547. The van der Waals surface area contributed by atoms with E-state index in [0.717, 1.165) is 11.8 Å². The van der Waals surface area contributed by atoms with Crippen molar-refractivity contribution in [2.75, 3.05) is 0 Å². The van der Waals surface area contributed by atoms with Gasteiger partial charge in [0.1, 0.15) is 0 Å². The molecule has 18 heavy (non-hydrogen) atoms. The van der Waals surface area contributed by atoms with Gasteiger partial charge in [0.15, 0.2) is 0 Å². The van der Waals surface area contributed by atoms with E-state index < -0.39 is 0 Å². The fourth-order valence-corrected chi connectivity index (χ4v) is 2.65. The lowest BCUT2D eigenvalue weighted by atomic mass is 9.74. The summed E-state index contributed by atoms with van der Waals surface area (Å²) in [6.45, 7) is 14.4. The summed E-state index contributed by atoms with van der Waals surface area (Å²) in [7, 11) is 0. The van der Waals surface area contributed by atoms with Crippen LogP contribution in [0.4, 0.5) is 0 Å². The van der Waals surface area contributed by atoms with Gasteiger partial charge in [0.2, 0.25) is 0 Å². The molecule has 110 valence electrons. The summed E-state index contributed by atoms with van der Waals surface area (Å²) in [6.07, 6.45) is 12.7. The van der Waals surface area contributed by atoms with Crippen LogP contribution in [0, 0.1) is 17.3 Å². The van der Waals surface area contributed by atoms with Gasteiger partial charge >= 0.3 is 0 Å². The second-order valence-electron chi connectivity index (χ2n) is 7.38. The zero-order valence-corrected chi connectivity index (χ0v) is 14.0. The van der Waals surface area contributed by atoms with Gasteiger partial charge in [-0.25, -0.2) is 0 Å². The fraction of sp³-hybridized carbons (Fsp3) is 1.00. The number of rotatable bonds is 11. The molecule has 0 saturated heterocycles. The van der Waals surface area contributed by atoms with Crippen molar-refractivity contribution in [2.45, 2.75) is 99.3 Å². The Morgan fingerprint density at radius 1 is 0.778 bits per heavy atom. The standard InChI is InChI=1S/C18H38/c1-7-8-9-12-15-18(5,6)17(4)14-11-10-13-16(2)3/h16-17H,7-15H2,1-6H3. The van der Waals surface area contributed by atoms with Crippen LogP contribution in [0.3, 0.4) is 0 Å². The number of hydrogen-bond acceptors (Lipinski definition) is 0. The van der Waals surface area contributed by atoms with Crippen LogP contribution >= 0.6 is 0 Å². The Kier molecular flexibility index (Phi) is 9.87. The quantitative estimate of drug-likeness (QED) is 0.354. The molecule has 0 aliphatic rings. The molecule has 1 unspecified atom stereocenters. The monoisotopic (exact) mass is 254 g/mol. The van der Waals surface area contributed by atoms with Crippen LogP contribution in [-0.2, 0) is 0 Å². The third kappa shape index (κ3) is 9.00. The Labute approximate surface area is 117 Å². The van der Waals surface area contributed by atoms with E-state index >= 15 is 0 Å². The van der Waals surface area contributed by atoms with Crippen molar-refractivity contribution in [3.05, 3.63) is 0 Å². The van der Waals surface area contributed by atoms with Crippen LogP contribution < -0.4 is 0 Å². The molecule has 0 radical (unpaired) electrons. The highest BCUT2D eigenvalue weighted by atomic mass is 14.3. The third-order valence-corrected chi connectivity index (χ3v) is 4.68. The predicted octanol–water partition coefficient (Wildman–Crippen LogP) is 6.84. The molecule has 0 aromatic rings. The van der Waals surface area contributed by atoms with E-state index in [1.807, 2.05) is 0 Å². The van der Waals surface area contributed by atoms with Crippen molar-refractivity contribution in [1.29, 1.82) is 0 Å². The molecular weight excluding hydrogens is 216 g/mol. The summed E-state index contributed by atoms with van der Waals surface area (Å²) >= 11 is 0. The summed E-state index contributed by atoms with van der Waals surface area (Å²) < 4.78 is 0. The van der Waals surface area contributed by atoms with E-state index in [2.05, 4.69) is 41.5 Å². The maximum absolute atomic E-state index is 2.48. The van der Waals surface area contributed by atoms with Gasteiger partial charge in [-0.1, -0.05) is 92.9 Å². The third-order valence-electron chi connectivity index (χ3n) is 4.68. The van der Waals surface area contributed by atoms with Crippen molar-refractivity contribution in [1.82, 2.24) is 0 Å². The van der Waals surface area contributed by atoms with Gasteiger partial charge in [-0.2, -0.15) is 0 Å². The molecule has 0 amide bonds. The topological polar surface area (TPSA) is 0 Å². The molecule has 0 rings (SSSR count). The number of unbranched alkanes of at least 4 members (excludes halogenated alkanes) is 4. The Hall–Kier alpha value is 0. The molecule has 0 aromatic heterocycles. The van der Waals surface area contributed by atoms with Crippen LogP contribution in [0.5, 0.6) is 0 Å². The van der Waals surface area contributed by atoms with Crippen molar-refractivity contribution in [2.24, 2.45) is 17.3 Å². The highest BCUT2D eigenvalue weighted by Gasteiger charge is 2.24. The normalized spacial score (nSPS) is 14.2. The summed E-state index contributed by atoms with van der Waals surface area (Å²) in [6, 6.07) is 0. The van der Waals surface area contributed by atoms with Crippen molar-refractivity contribution >= 4 is 0 Å². The molecule has 0 aliphatic heterocycles. The van der Waals surface area contributed by atoms with Gasteiger partial charge in [-0.3, -0.25) is 0 Å². The van der Waals surface area contributed by atoms with Gasteiger partial charge in [-0.05, 0) is 23.7 Å². The van der Waals surface area contributed by atoms with E-state index in [-0.39, 0.29) is 0 Å². The minimum atomic E-state index is 0.547. The first-order valence-corrected chi connectivity index (χ1v) is 8.40. The van der Waals surface area contributed by atoms with Crippen LogP contribution in [0.1, 0.15) is 99.3 Å². The highest BCUT2D eigenvalue weighted by Crippen LogP contribution is 2.35. The average molecular weight is 255 g/mol. The molecule has 0 spiro atoms. The molecule has 0 aromatic carbocycles. The van der Waals surface area contributed by atoms with E-state index in [9.17, 15) is 0 Å². The molecule has 0 bridgehead atoms. The summed E-state index contributed by atoms with van der Waals surface area (Å²) in [4.78, 5) is 0. The van der Waals surface area contributed by atoms with Crippen LogP contribution in [0.15, 0.2) is 0 Å². The first-order valence-electron chi connectivity index (χ1n) is 8.40. The van der Waals surface area contributed by atoms with Crippen molar-refractivity contribution in [3.63, 3.8) is 0 Å². The van der Waals surface area contributed by atoms with Gasteiger partial charge in [0, 0.05) is 0 Å². The van der Waals surface area contributed by atoms with Gasteiger partial charge in [0.05, 0.1) is 0 Å². The van der Waals surface area contributed by atoms with Crippen molar-refractivity contribution < 1.29 is 0 Å². The molecular formula is C18H38. The first-order chi connectivity index (χ1) is 8.40. The zero-order chi connectivity index (χ0) is 14.0. The Morgan fingerprint density at radius 2 is 1.39 bits per heavy atom. The summed E-state index contributed by atoms with van der Waals surface area (Å²) in [5.74, 6) is 1.76. The van der Waals surface area contributed by atoms with E-state index in [4.69, 9.17) is 0 Å². The molecule has 0 N–H and O–H groups in total. The molecule has 0 heterocycles. The Morgan fingerprint density at radius 3 is 1.94 bits per heavy atom. The van der Waals surface area contributed by atoms with Crippen molar-refractivity contribution in [3.8, 4) is 0 Å².